The Morgan fingerprint density at radius 2 is 2.41 bits per heavy atom. The van der Waals surface area contributed by atoms with E-state index in [1.54, 1.807) is 6.07 Å². The van der Waals surface area contributed by atoms with Crippen LogP contribution in [-0.2, 0) is 11.2 Å². The fourth-order valence-corrected chi connectivity index (χ4v) is 2.13. The van der Waals surface area contributed by atoms with Gasteiger partial charge in [0.05, 0.1) is 6.61 Å². The molecule has 0 radical (unpaired) electrons. The summed E-state index contributed by atoms with van der Waals surface area (Å²) in [5.74, 6) is 1.50. The van der Waals surface area contributed by atoms with Crippen LogP contribution in [0.1, 0.15) is 19.2 Å². The van der Waals surface area contributed by atoms with Gasteiger partial charge in [-0.2, -0.15) is 0 Å². The lowest BCUT2D eigenvalue weighted by Crippen LogP contribution is -2.37. The summed E-state index contributed by atoms with van der Waals surface area (Å²) in [6, 6.07) is 1.80. The third kappa shape index (κ3) is 3.37. The van der Waals surface area contributed by atoms with Gasteiger partial charge in [0.25, 0.3) is 0 Å². The quantitative estimate of drug-likeness (QED) is 0.822. The van der Waals surface area contributed by atoms with Gasteiger partial charge in [-0.1, -0.05) is 6.92 Å². The van der Waals surface area contributed by atoms with Crippen molar-refractivity contribution in [1.29, 1.82) is 0 Å². The molecule has 1 saturated heterocycles. The molecule has 0 spiro atoms. The molecule has 2 heterocycles. The van der Waals surface area contributed by atoms with Crippen LogP contribution in [0.2, 0.25) is 0 Å². The van der Waals surface area contributed by atoms with Crippen molar-refractivity contribution in [2.75, 3.05) is 25.1 Å². The Morgan fingerprint density at radius 1 is 1.59 bits per heavy atom. The first-order valence-corrected chi connectivity index (χ1v) is 6.48. The summed E-state index contributed by atoms with van der Waals surface area (Å²) in [7, 11) is 0. The zero-order valence-corrected chi connectivity index (χ0v) is 11.3. The van der Waals surface area contributed by atoms with Gasteiger partial charge in [0.2, 0.25) is 0 Å². The average Bonchev–Trinajstić information content (AvgIpc) is 2.73. The highest BCUT2D eigenvalue weighted by Crippen LogP contribution is 2.19. The lowest BCUT2D eigenvalue weighted by Gasteiger charge is -2.21. The minimum Gasteiger partial charge on any atom is -0.386 e. The van der Waals surface area contributed by atoms with Crippen molar-refractivity contribution in [1.82, 2.24) is 9.97 Å². The highest BCUT2D eigenvalue weighted by molar-refractivity contribution is 9.10. The summed E-state index contributed by atoms with van der Waals surface area (Å²) in [4.78, 5) is 8.57. The van der Waals surface area contributed by atoms with Gasteiger partial charge in [0.1, 0.15) is 21.8 Å². The second-order valence-electron chi connectivity index (χ2n) is 4.23. The van der Waals surface area contributed by atoms with Gasteiger partial charge in [-0.15, -0.1) is 0 Å². The van der Waals surface area contributed by atoms with Gasteiger partial charge in [0, 0.05) is 32.1 Å². The molecule has 0 bridgehead atoms. The lowest BCUT2D eigenvalue weighted by molar-refractivity contribution is 0.0381. The largest absolute Gasteiger partial charge is 0.386 e. The Morgan fingerprint density at radius 3 is 3.06 bits per heavy atom. The highest BCUT2D eigenvalue weighted by atomic mass is 79.9. The minimum atomic E-state index is -0.774. The van der Waals surface area contributed by atoms with Crippen LogP contribution in [0.15, 0.2) is 10.7 Å². The molecule has 0 amide bonds. The zero-order valence-electron chi connectivity index (χ0n) is 9.74. The highest BCUT2D eigenvalue weighted by Gasteiger charge is 2.31. The average molecular weight is 302 g/mol. The van der Waals surface area contributed by atoms with Crippen molar-refractivity contribution >= 4 is 21.7 Å². The molecule has 0 aliphatic carbocycles. The first-order valence-electron chi connectivity index (χ1n) is 5.69. The second-order valence-corrected chi connectivity index (χ2v) is 5.04. The first-order chi connectivity index (χ1) is 8.11. The second kappa shape index (κ2) is 5.29. The van der Waals surface area contributed by atoms with Crippen LogP contribution in [0.3, 0.4) is 0 Å². The molecule has 2 N–H and O–H groups in total. The third-order valence-corrected chi connectivity index (χ3v) is 3.14. The summed E-state index contributed by atoms with van der Waals surface area (Å²) >= 11 is 3.34. The smallest absolute Gasteiger partial charge is 0.131 e. The number of nitrogens with zero attached hydrogens (tertiary/aromatic N) is 2. The van der Waals surface area contributed by atoms with Gasteiger partial charge in [0.15, 0.2) is 0 Å². The number of aryl methyl sites for hydroxylation is 1. The van der Waals surface area contributed by atoms with Crippen LogP contribution >= 0.6 is 15.9 Å². The van der Waals surface area contributed by atoms with Gasteiger partial charge in [-0.25, -0.2) is 9.97 Å². The Hall–Kier alpha value is -0.720. The van der Waals surface area contributed by atoms with Gasteiger partial charge in [-0.05, 0) is 15.9 Å². The summed E-state index contributed by atoms with van der Waals surface area (Å²) in [5.41, 5.74) is -0.774. The number of anilines is 1. The van der Waals surface area contributed by atoms with E-state index in [4.69, 9.17) is 4.74 Å². The standard InChI is InChI=1S/C11H16BrN3O2/c1-2-9-14-8(12)5-10(15-9)13-6-11(16)3-4-17-7-11/h5,16H,2-4,6-7H2,1H3,(H,13,14,15). The van der Waals surface area contributed by atoms with Crippen molar-refractivity contribution in [3.8, 4) is 0 Å². The molecule has 17 heavy (non-hydrogen) atoms. The lowest BCUT2D eigenvalue weighted by atomic mass is 10.0. The van der Waals surface area contributed by atoms with E-state index in [2.05, 4.69) is 31.2 Å². The number of hydrogen-bond acceptors (Lipinski definition) is 5. The molecular weight excluding hydrogens is 286 g/mol. The van der Waals surface area contributed by atoms with E-state index in [9.17, 15) is 5.11 Å². The molecule has 1 unspecified atom stereocenters. The predicted octanol–water partition coefficient (Wildman–Crippen LogP) is 1.36. The number of aliphatic hydroxyl groups is 1. The molecule has 0 saturated carbocycles. The monoisotopic (exact) mass is 301 g/mol. The van der Waals surface area contributed by atoms with E-state index in [0.717, 1.165) is 22.7 Å². The number of nitrogens with one attached hydrogen (secondary N) is 1. The van der Waals surface area contributed by atoms with Crippen LogP contribution in [0.5, 0.6) is 0 Å². The molecule has 5 nitrogen and oxygen atoms in total. The van der Waals surface area contributed by atoms with Gasteiger partial charge >= 0.3 is 0 Å². The molecule has 1 fully saturated rings. The molecule has 1 atom stereocenters. The minimum absolute atomic E-state index is 0.382. The van der Waals surface area contributed by atoms with Crippen LogP contribution in [0, 0.1) is 0 Å². The number of rotatable bonds is 4. The van der Waals surface area contributed by atoms with E-state index in [1.165, 1.54) is 0 Å². The van der Waals surface area contributed by atoms with E-state index in [1.807, 2.05) is 6.92 Å². The Kier molecular flexibility index (Phi) is 3.96. The molecule has 0 aromatic carbocycles. The summed E-state index contributed by atoms with van der Waals surface area (Å²) in [5, 5.41) is 13.2. The van der Waals surface area contributed by atoms with E-state index in [0.29, 0.717) is 26.2 Å². The van der Waals surface area contributed by atoms with Crippen molar-refractivity contribution < 1.29 is 9.84 Å². The van der Waals surface area contributed by atoms with E-state index in [-0.39, 0.29) is 0 Å². The maximum atomic E-state index is 10.1. The molecule has 6 heteroatoms. The molecule has 1 aliphatic rings. The molecule has 94 valence electrons. The topological polar surface area (TPSA) is 67.3 Å². The van der Waals surface area contributed by atoms with Crippen molar-refractivity contribution in [2.24, 2.45) is 0 Å². The van der Waals surface area contributed by atoms with Crippen molar-refractivity contribution in [2.45, 2.75) is 25.4 Å². The fourth-order valence-electron chi connectivity index (χ4n) is 1.70. The molecule has 2 rings (SSSR count). The Labute approximate surface area is 109 Å². The maximum Gasteiger partial charge on any atom is 0.131 e. The van der Waals surface area contributed by atoms with E-state index < -0.39 is 5.60 Å². The SMILES string of the molecule is CCc1nc(Br)cc(NCC2(O)CCOC2)n1. The van der Waals surface area contributed by atoms with Crippen LogP contribution in [0.25, 0.3) is 0 Å². The summed E-state index contributed by atoms with van der Waals surface area (Å²) in [6.07, 6.45) is 1.44. The number of aromatic nitrogens is 2. The Bertz CT molecular complexity index is 394. The van der Waals surface area contributed by atoms with E-state index >= 15 is 0 Å². The van der Waals surface area contributed by atoms with Crippen LogP contribution in [-0.4, -0.2) is 40.4 Å². The number of hydrogen-bond donors (Lipinski definition) is 2. The van der Waals surface area contributed by atoms with Crippen molar-refractivity contribution in [3.63, 3.8) is 0 Å². The number of ether oxygens (including phenoxy) is 1. The van der Waals surface area contributed by atoms with Crippen molar-refractivity contribution in [3.05, 3.63) is 16.5 Å². The normalized spacial score (nSPS) is 23.9. The fraction of sp³-hybridized carbons (Fsp3) is 0.636. The van der Waals surface area contributed by atoms with Gasteiger partial charge in [-0.3, -0.25) is 0 Å². The maximum absolute atomic E-state index is 10.1. The van der Waals surface area contributed by atoms with Gasteiger partial charge < -0.3 is 15.2 Å². The first kappa shape index (κ1) is 12.7. The summed E-state index contributed by atoms with van der Waals surface area (Å²) < 4.78 is 5.94. The third-order valence-electron chi connectivity index (χ3n) is 2.74. The zero-order chi connectivity index (χ0) is 12.3. The van der Waals surface area contributed by atoms with Crippen LogP contribution in [0.4, 0.5) is 5.82 Å². The molecular formula is C11H16BrN3O2. The van der Waals surface area contributed by atoms with Crippen LogP contribution < -0.4 is 5.32 Å². The molecule has 1 aromatic heterocycles. The molecule has 1 aliphatic heterocycles. The number of halogens is 1. The summed E-state index contributed by atoms with van der Waals surface area (Å²) in [6.45, 7) is 3.45. The Balaban J connectivity index is 2.00. The predicted molar refractivity (Wildman–Crippen MR) is 68.0 cm³/mol. The molecule has 1 aromatic rings.